The molecule has 0 saturated heterocycles. The Morgan fingerprint density at radius 3 is 2.57 bits per heavy atom. The fraction of sp³-hybridized carbons (Fsp3) is 0.381. The molecule has 0 aromatic heterocycles. The van der Waals surface area contributed by atoms with Gasteiger partial charge in [-0.15, -0.1) is 0 Å². The van der Waals surface area contributed by atoms with Crippen molar-refractivity contribution in [3.05, 3.63) is 59.2 Å². The molecule has 0 radical (unpaired) electrons. The summed E-state index contributed by atoms with van der Waals surface area (Å²) in [6, 6.07) is 15.3. The van der Waals surface area contributed by atoms with Gasteiger partial charge in [0.1, 0.15) is 6.07 Å². The number of hydrogen-bond acceptors (Lipinski definition) is 5. The van der Waals surface area contributed by atoms with Gasteiger partial charge >= 0.3 is 0 Å². The molecule has 3 rings (SSSR count). The zero-order chi connectivity index (χ0) is 20.3. The lowest BCUT2D eigenvalue weighted by Crippen LogP contribution is -2.46. The minimum atomic E-state index is -3.83. The second kappa shape index (κ2) is 8.31. The summed E-state index contributed by atoms with van der Waals surface area (Å²) in [4.78, 5) is 2.42. The van der Waals surface area contributed by atoms with Crippen LogP contribution in [-0.4, -0.2) is 32.4 Å². The minimum Gasteiger partial charge on any atom is -0.382 e. The predicted molar refractivity (Wildman–Crippen MR) is 110 cm³/mol. The topological polar surface area (TPSA) is 99.2 Å². The number of nitrogens with zero attached hydrogens (tertiary/aromatic N) is 2. The van der Waals surface area contributed by atoms with E-state index in [1.165, 1.54) is 23.3 Å². The summed E-state index contributed by atoms with van der Waals surface area (Å²) >= 11 is 0. The molecule has 0 bridgehead atoms. The lowest BCUT2D eigenvalue weighted by atomic mass is 9.95. The van der Waals surface area contributed by atoms with Crippen LogP contribution in [-0.2, 0) is 23.0 Å². The Morgan fingerprint density at radius 1 is 1.21 bits per heavy atom. The molecule has 0 fully saturated rings. The monoisotopic (exact) mass is 398 g/mol. The molecular weight excluding hydrogens is 372 g/mol. The van der Waals surface area contributed by atoms with E-state index in [2.05, 4.69) is 54.4 Å². The molecule has 0 amide bonds. The first-order valence-electron chi connectivity index (χ1n) is 9.41. The second-order valence-electron chi connectivity index (χ2n) is 7.55. The molecule has 148 valence electrons. The third-order valence-corrected chi connectivity index (χ3v) is 6.25. The number of primary sulfonamides is 1. The molecule has 7 heteroatoms. The number of rotatable bonds is 6. The lowest BCUT2D eigenvalue weighted by molar-refractivity contribution is 0.147. The van der Waals surface area contributed by atoms with E-state index in [4.69, 9.17) is 5.14 Å². The number of sulfonamides is 1. The number of benzene rings is 2. The van der Waals surface area contributed by atoms with E-state index >= 15 is 0 Å². The van der Waals surface area contributed by atoms with Crippen molar-refractivity contribution in [3.8, 4) is 6.07 Å². The van der Waals surface area contributed by atoms with Crippen LogP contribution in [0.25, 0.3) is 0 Å². The molecule has 1 aliphatic rings. The summed E-state index contributed by atoms with van der Waals surface area (Å²) in [6.07, 6.45) is 1.03. The third-order valence-electron chi connectivity index (χ3n) is 5.34. The van der Waals surface area contributed by atoms with Gasteiger partial charge in [0.2, 0.25) is 10.0 Å². The summed E-state index contributed by atoms with van der Waals surface area (Å²) < 4.78 is 23.0. The molecule has 0 spiro atoms. The van der Waals surface area contributed by atoms with Crippen molar-refractivity contribution in [1.29, 1.82) is 5.26 Å². The average Bonchev–Trinajstić information content (AvgIpc) is 2.67. The molecule has 0 aliphatic carbocycles. The van der Waals surface area contributed by atoms with Gasteiger partial charge in [0.25, 0.3) is 0 Å². The van der Waals surface area contributed by atoms with Crippen molar-refractivity contribution < 1.29 is 8.42 Å². The van der Waals surface area contributed by atoms with Crippen molar-refractivity contribution in [2.24, 2.45) is 11.1 Å². The molecule has 2 aromatic carbocycles. The highest BCUT2D eigenvalue weighted by atomic mass is 32.2. The van der Waals surface area contributed by atoms with Crippen LogP contribution in [0.15, 0.2) is 47.4 Å². The molecule has 6 nitrogen and oxygen atoms in total. The van der Waals surface area contributed by atoms with Gasteiger partial charge in [-0.2, -0.15) is 5.26 Å². The Hall–Kier alpha value is -2.40. The fourth-order valence-corrected chi connectivity index (χ4v) is 4.29. The highest BCUT2D eigenvalue weighted by Crippen LogP contribution is 2.24. The largest absolute Gasteiger partial charge is 0.382 e. The first-order chi connectivity index (χ1) is 13.3. The summed E-state index contributed by atoms with van der Waals surface area (Å²) in [5.74, 6) is 0.423. The van der Waals surface area contributed by atoms with Gasteiger partial charge in [0, 0.05) is 25.7 Å². The summed E-state index contributed by atoms with van der Waals surface area (Å²) in [7, 11) is -3.83. The molecule has 28 heavy (non-hydrogen) atoms. The van der Waals surface area contributed by atoms with Crippen LogP contribution >= 0.6 is 0 Å². The lowest BCUT2D eigenvalue weighted by Gasteiger charge is -2.38. The van der Waals surface area contributed by atoms with Gasteiger partial charge in [-0.05, 0) is 41.7 Å². The van der Waals surface area contributed by atoms with Gasteiger partial charge in [-0.1, -0.05) is 38.1 Å². The van der Waals surface area contributed by atoms with Crippen molar-refractivity contribution in [3.63, 3.8) is 0 Å². The van der Waals surface area contributed by atoms with E-state index in [1.807, 2.05) is 0 Å². The summed E-state index contributed by atoms with van der Waals surface area (Å²) in [5.41, 5.74) is 3.69. The smallest absolute Gasteiger partial charge is 0.238 e. The van der Waals surface area contributed by atoms with Crippen molar-refractivity contribution in [1.82, 2.24) is 4.90 Å². The van der Waals surface area contributed by atoms with Crippen LogP contribution < -0.4 is 10.5 Å². The molecule has 2 aromatic rings. The molecule has 1 unspecified atom stereocenters. The SMILES string of the molecule is CC(C)C(CNc1ccc(S(N)(=O)=O)cc1C#N)N1CCc2ccccc2C1. The van der Waals surface area contributed by atoms with Crippen LogP contribution in [0, 0.1) is 17.2 Å². The van der Waals surface area contributed by atoms with Gasteiger partial charge < -0.3 is 5.32 Å². The highest BCUT2D eigenvalue weighted by molar-refractivity contribution is 7.89. The average molecular weight is 399 g/mol. The first kappa shape index (κ1) is 20.3. The van der Waals surface area contributed by atoms with Crippen LogP contribution in [0.4, 0.5) is 5.69 Å². The highest BCUT2D eigenvalue weighted by Gasteiger charge is 2.26. The van der Waals surface area contributed by atoms with E-state index in [9.17, 15) is 13.7 Å². The van der Waals surface area contributed by atoms with Crippen LogP contribution in [0.3, 0.4) is 0 Å². The summed E-state index contributed by atoms with van der Waals surface area (Å²) in [5, 5.41) is 17.9. The Labute approximate surface area is 167 Å². The standard InChI is InChI=1S/C21H26N4O2S/c1-15(2)21(25-10-9-16-5-3-4-6-17(16)14-25)13-24-20-8-7-19(28(23,26)27)11-18(20)12-22/h3-8,11,15,21,24H,9-10,13-14H2,1-2H3,(H2,23,26,27). The maximum atomic E-state index is 11.5. The second-order valence-corrected chi connectivity index (χ2v) is 9.11. The van der Waals surface area contributed by atoms with E-state index in [0.717, 1.165) is 19.5 Å². The third kappa shape index (κ3) is 4.53. The Morgan fingerprint density at radius 2 is 1.93 bits per heavy atom. The van der Waals surface area contributed by atoms with Gasteiger partial charge in [-0.3, -0.25) is 4.90 Å². The number of hydrogen-bond donors (Lipinski definition) is 2. The van der Waals surface area contributed by atoms with Gasteiger partial charge in [-0.25, -0.2) is 13.6 Å². The molecular formula is C21H26N4O2S. The normalized spacial score (nSPS) is 15.7. The number of anilines is 1. The van der Waals surface area contributed by atoms with Gasteiger partial charge in [0.15, 0.2) is 0 Å². The van der Waals surface area contributed by atoms with Crippen molar-refractivity contribution in [2.75, 3.05) is 18.4 Å². The first-order valence-corrected chi connectivity index (χ1v) is 11.0. The van der Waals surface area contributed by atoms with Gasteiger partial charge in [0.05, 0.1) is 16.1 Å². The molecule has 1 aliphatic heterocycles. The van der Waals surface area contributed by atoms with Crippen molar-refractivity contribution in [2.45, 2.75) is 37.8 Å². The van der Waals surface area contributed by atoms with Crippen LogP contribution in [0.2, 0.25) is 0 Å². The molecule has 3 N–H and O–H groups in total. The number of nitrogens with two attached hydrogens (primary N) is 1. The van der Waals surface area contributed by atoms with E-state index in [1.54, 1.807) is 6.07 Å². The van der Waals surface area contributed by atoms with E-state index in [-0.39, 0.29) is 16.5 Å². The fourth-order valence-electron chi connectivity index (χ4n) is 3.75. The molecule has 0 saturated carbocycles. The minimum absolute atomic E-state index is 0.0531. The van der Waals surface area contributed by atoms with E-state index in [0.29, 0.717) is 18.2 Å². The molecule has 1 heterocycles. The number of fused-ring (bicyclic) bond motifs is 1. The number of nitriles is 1. The van der Waals surface area contributed by atoms with Crippen molar-refractivity contribution >= 4 is 15.7 Å². The van der Waals surface area contributed by atoms with Crippen LogP contribution in [0.5, 0.6) is 0 Å². The summed E-state index contributed by atoms with van der Waals surface area (Å²) in [6.45, 7) is 6.97. The zero-order valence-electron chi connectivity index (χ0n) is 16.2. The Bertz CT molecular complexity index is 996. The Kier molecular flexibility index (Phi) is 6.04. The predicted octanol–water partition coefficient (Wildman–Crippen LogP) is 2.70. The van der Waals surface area contributed by atoms with Crippen LogP contribution in [0.1, 0.15) is 30.5 Å². The quantitative estimate of drug-likeness (QED) is 0.779. The molecule has 1 atom stereocenters. The zero-order valence-corrected chi connectivity index (χ0v) is 17.0. The Balaban J connectivity index is 1.75. The number of nitrogens with one attached hydrogen (secondary N) is 1. The maximum Gasteiger partial charge on any atom is 0.238 e. The van der Waals surface area contributed by atoms with E-state index < -0.39 is 10.0 Å². The maximum absolute atomic E-state index is 11.5.